The fraction of sp³-hybridized carbons (Fsp3) is 0.452. The Kier molecular flexibility index (Phi) is 6.78. The van der Waals surface area contributed by atoms with Gasteiger partial charge < -0.3 is 26.3 Å². The van der Waals surface area contributed by atoms with Gasteiger partial charge in [0.1, 0.15) is 11.9 Å². The van der Waals surface area contributed by atoms with Crippen molar-refractivity contribution in [1.82, 2.24) is 4.57 Å². The number of amides is 1. The summed E-state index contributed by atoms with van der Waals surface area (Å²) in [5, 5.41) is 4.54. The second kappa shape index (κ2) is 10.3. The number of carbonyl (C=O) groups excluding carboxylic acids is 3. The number of methoxy groups -OCH3 is 1. The third-order valence-electron chi connectivity index (χ3n) is 9.08. The van der Waals surface area contributed by atoms with Crippen LogP contribution in [0.3, 0.4) is 0 Å². The van der Waals surface area contributed by atoms with Crippen LogP contribution in [0.25, 0.3) is 22.0 Å². The second-order valence-electron chi connectivity index (χ2n) is 11.6. The van der Waals surface area contributed by atoms with Gasteiger partial charge in [-0.05, 0) is 80.2 Å². The predicted molar refractivity (Wildman–Crippen MR) is 152 cm³/mol. The molecule has 1 spiro atoms. The lowest BCUT2D eigenvalue weighted by molar-refractivity contribution is -0.148. The molecule has 5 N–H and O–H groups in total. The average molecular weight is 545 g/mol. The lowest BCUT2D eigenvalue weighted by Gasteiger charge is -2.44. The maximum atomic E-state index is 13.5. The van der Waals surface area contributed by atoms with Gasteiger partial charge in [-0.1, -0.05) is 12.5 Å². The Hall–Kier alpha value is -3.85. The highest BCUT2D eigenvalue weighted by atomic mass is 16.5. The molecule has 9 heteroatoms. The lowest BCUT2D eigenvalue weighted by Crippen LogP contribution is -2.40. The lowest BCUT2D eigenvalue weighted by atomic mass is 9.62. The summed E-state index contributed by atoms with van der Waals surface area (Å²) in [6, 6.07) is 11.7. The van der Waals surface area contributed by atoms with Crippen molar-refractivity contribution in [2.75, 3.05) is 19.0 Å². The number of fused-ring (bicyclic) bond motifs is 3. The summed E-state index contributed by atoms with van der Waals surface area (Å²) >= 11 is 0. The number of anilines is 1. The quantitative estimate of drug-likeness (QED) is 0.375. The Morgan fingerprint density at radius 2 is 1.85 bits per heavy atom. The highest BCUT2D eigenvalue weighted by Crippen LogP contribution is 2.52. The summed E-state index contributed by atoms with van der Waals surface area (Å²) in [5.41, 5.74) is 16.1. The Labute approximate surface area is 233 Å². The zero-order valence-electron chi connectivity index (χ0n) is 22.8. The highest BCUT2D eigenvalue weighted by Gasteiger charge is 2.45. The Balaban J connectivity index is 1.38. The van der Waals surface area contributed by atoms with Crippen LogP contribution in [0.1, 0.15) is 72.2 Å². The van der Waals surface area contributed by atoms with Crippen molar-refractivity contribution in [1.29, 1.82) is 0 Å². The molecule has 2 aromatic carbocycles. The molecular formula is C31H36N4O5. The molecule has 2 aliphatic carbocycles. The van der Waals surface area contributed by atoms with Crippen LogP contribution in [0.15, 0.2) is 36.4 Å². The van der Waals surface area contributed by atoms with Gasteiger partial charge in [0, 0.05) is 40.9 Å². The first-order valence-corrected chi connectivity index (χ1v) is 14.2. The molecule has 3 aliphatic rings. The van der Waals surface area contributed by atoms with Crippen molar-refractivity contribution in [2.45, 2.75) is 69.9 Å². The van der Waals surface area contributed by atoms with Gasteiger partial charge in [-0.15, -0.1) is 0 Å². The van der Waals surface area contributed by atoms with Gasteiger partial charge in [-0.2, -0.15) is 0 Å². The van der Waals surface area contributed by atoms with E-state index in [4.69, 9.17) is 20.9 Å². The van der Waals surface area contributed by atoms with Gasteiger partial charge in [-0.3, -0.25) is 19.0 Å². The molecule has 1 aliphatic heterocycles. The number of esters is 1. The van der Waals surface area contributed by atoms with Crippen LogP contribution in [0, 0.1) is 5.41 Å². The van der Waals surface area contributed by atoms with E-state index in [1.165, 1.54) is 0 Å². The molecule has 0 unspecified atom stereocenters. The maximum Gasteiger partial charge on any atom is 0.319 e. The first kappa shape index (κ1) is 26.4. The summed E-state index contributed by atoms with van der Waals surface area (Å²) in [6.45, 7) is -0.120. The number of primary amides is 1. The van der Waals surface area contributed by atoms with Gasteiger partial charge in [0.05, 0.1) is 24.7 Å². The van der Waals surface area contributed by atoms with E-state index in [0.717, 1.165) is 79.1 Å². The van der Waals surface area contributed by atoms with E-state index in [1.807, 2.05) is 34.9 Å². The number of hydrogen-bond donors (Lipinski definition) is 3. The molecule has 1 aromatic heterocycles. The number of carbonyl (C=O) groups is 3. The molecule has 210 valence electrons. The molecule has 2 saturated carbocycles. The molecular weight excluding hydrogens is 508 g/mol. The zero-order chi connectivity index (χ0) is 28.0. The summed E-state index contributed by atoms with van der Waals surface area (Å²) in [5.74, 6) is -0.0559. The Bertz CT molecular complexity index is 1500. The van der Waals surface area contributed by atoms with Gasteiger partial charge in [0.15, 0.2) is 0 Å². The molecule has 0 saturated heterocycles. The number of nitrogens with two attached hydrogens (primary N) is 2. The van der Waals surface area contributed by atoms with Crippen molar-refractivity contribution in [2.24, 2.45) is 16.9 Å². The van der Waals surface area contributed by atoms with Crippen LogP contribution >= 0.6 is 0 Å². The van der Waals surface area contributed by atoms with Gasteiger partial charge in [-0.25, -0.2) is 0 Å². The molecule has 3 aromatic rings. The molecule has 0 atom stereocenters. The fourth-order valence-corrected chi connectivity index (χ4v) is 6.88. The first-order valence-electron chi connectivity index (χ1n) is 14.2. The summed E-state index contributed by atoms with van der Waals surface area (Å²) < 4.78 is 12.8. The van der Waals surface area contributed by atoms with E-state index >= 15 is 0 Å². The van der Waals surface area contributed by atoms with Crippen molar-refractivity contribution in [3.8, 4) is 16.9 Å². The fourth-order valence-electron chi connectivity index (χ4n) is 6.88. The minimum atomic E-state index is -0.503. The van der Waals surface area contributed by atoms with Crippen LogP contribution < -0.4 is 21.5 Å². The van der Waals surface area contributed by atoms with Crippen molar-refractivity contribution in [3.05, 3.63) is 47.7 Å². The first-order chi connectivity index (χ1) is 19.3. The van der Waals surface area contributed by atoms with Crippen molar-refractivity contribution >= 4 is 34.4 Å². The topological polar surface area (TPSA) is 139 Å². The number of benzene rings is 2. The smallest absolute Gasteiger partial charge is 0.319 e. The number of ether oxygens (including phenoxy) is 2. The van der Waals surface area contributed by atoms with Crippen LogP contribution in [0.4, 0.5) is 5.69 Å². The van der Waals surface area contributed by atoms with Gasteiger partial charge in [0.2, 0.25) is 5.91 Å². The van der Waals surface area contributed by atoms with Crippen molar-refractivity contribution < 1.29 is 23.9 Å². The molecule has 0 radical (unpaired) electrons. The van der Waals surface area contributed by atoms with E-state index in [1.54, 1.807) is 13.2 Å². The van der Waals surface area contributed by atoms with Crippen LogP contribution in [-0.2, 0) is 16.0 Å². The van der Waals surface area contributed by atoms with E-state index in [9.17, 15) is 14.4 Å². The van der Waals surface area contributed by atoms with Gasteiger partial charge >= 0.3 is 5.97 Å². The average Bonchev–Trinajstić information content (AvgIpc) is 3.26. The normalized spacial score (nSPS) is 21.5. The van der Waals surface area contributed by atoms with Crippen LogP contribution in [-0.4, -0.2) is 48.2 Å². The SMILES string of the molecule is COc1ccc2c(-c3ccc(C(N)=O)c(NC4CCC(OC(=O)CN)CC4)c3)c3n(c2c1)C(=O)CC1(CCC1)C3. The van der Waals surface area contributed by atoms with Crippen LogP contribution in [0.5, 0.6) is 5.75 Å². The minimum absolute atomic E-state index is 0.0422. The largest absolute Gasteiger partial charge is 0.497 e. The third-order valence-corrected chi connectivity index (χ3v) is 9.08. The zero-order valence-corrected chi connectivity index (χ0v) is 22.8. The number of hydrogen-bond acceptors (Lipinski definition) is 7. The number of nitrogens with one attached hydrogen (secondary N) is 1. The van der Waals surface area contributed by atoms with E-state index in [-0.39, 0.29) is 36.0 Å². The minimum Gasteiger partial charge on any atom is -0.497 e. The maximum absolute atomic E-state index is 13.5. The number of rotatable bonds is 7. The molecule has 1 amide bonds. The standard InChI is InChI=1S/C31H36N4O5/c1-39-21-8-10-23-25(14-21)35-26(15-31(11-2-12-31)16-27(35)36)29(23)18-3-9-22(30(33)38)24(13-18)34-19-4-6-20(7-5-19)40-28(37)17-32/h3,8-10,13-14,19-20,34H,2,4-7,11-12,15-17,32H2,1H3,(H2,33,38). The molecule has 6 rings (SSSR count). The molecule has 40 heavy (non-hydrogen) atoms. The van der Waals surface area contributed by atoms with Crippen molar-refractivity contribution in [3.63, 3.8) is 0 Å². The van der Waals surface area contributed by atoms with E-state index < -0.39 is 5.91 Å². The Morgan fingerprint density at radius 3 is 2.50 bits per heavy atom. The van der Waals surface area contributed by atoms with E-state index in [0.29, 0.717) is 23.4 Å². The Morgan fingerprint density at radius 1 is 1.07 bits per heavy atom. The summed E-state index contributed by atoms with van der Waals surface area (Å²) in [4.78, 5) is 37.5. The molecule has 9 nitrogen and oxygen atoms in total. The van der Waals surface area contributed by atoms with E-state index in [2.05, 4.69) is 5.32 Å². The molecule has 2 heterocycles. The summed E-state index contributed by atoms with van der Waals surface area (Å²) in [7, 11) is 1.63. The highest BCUT2D eigenvalue weighted by molar-refractivity contribution is 6.06. The molecule has 2 fully saturated rings. The monoisotopic (exact) mass is 544 g/mol. The number of nitrogens with zero attached hydrogens (tertiary/aromatic N) is 1. The van der Waals surface area contributed by atoms with Crippen LogP contribution in [0.2, 0.25) is 0 Å². The summed E-state index contributed by atoms with van der Waals surface area (Å²) in [6.07, 6.45) is 7.58. The molecule has 0 bridgehead atoms. The number of aromatic nitrogens is 1. The second-order valence-corrected chi connectivity index (χ2v) is 11.6. The predicted octanol–water partition coefficient (Wildman–Crippen LogP) is 4.40. The van der Waals surface area contributed by atoms with Gasteiger partial charge in [0.25, 0.3) is 5.91 Å². The third kappa shape index (κ3) is 4.62.